The average Bonchev–Trinajstić information content (AvgIpc) is 2.49. The van der Waals surface area contributed by atoms with Gasteiger partial charge in [-0.3, -0.25) is 4.72 Å². The second-order valence-corrected chi connectivity index (χ2v) is 9.02. The number of halogens is 1. The molecule has 0 saturated carbocycles. The smallest absolute Gasteiger partial charge is 0.240 e. The first-order valence-corrected chi connectivity index (χ1v) is 10.4. The molecule has 0 radical (unpaired) electrons. The van der Waals surface area contributed by atoms with Crippen molar-refractivity contribution in [3.63, 3.8) is 0 Å². The topological polar surface area (TPSA) is 104 Å². The molecule has 1 aliphatic heterocycles. The summed E-state index contributed by atoms with van der Waals surface area (Å²) in [6.45, 7) is 2.86. The number of piperidine rings is 1. The Labute approximate surface area is 135 Å². The van der Waals surface area contributed by atoms with Crippen LogP contribution in [-0.2, 0) is 20.0 Å². The van der Waals surface area contributed by atoms with Crippen molar-refractivity contribution in [1.29, 1.82) is 0 Å². The van der Waals surface area contributed by atoms with Crippen molar-refractivity contribution in [2.24, 2.45) is 0 Å². The maximum Gasteiger partial charge on any atom is 0.240 e. The van der Waals surface area contributed by atoms with Crippen LogP contribution in [0.5, 0.6) is 0 Å². The van der Waals surface area contributed by atoms with E-state index >= 15 is 0 Å². The van der Waals surface area contributed by atoms with Crippen molar-refractivity contribution in [3.05, 3.63) is 24.0 Å². The van der Waals surface area contributed by atoms with E-state index in [9.17, 15) is 21.2 Å². The zero-order chi connectivity index (χ0) is 17.1. The Morgan fingerprint density at radius 1 is 1.22 bits per heavy atom. The molecule has 0 bridgehead atoms. The average molecular weight is 365 g/mol. The fourth-order valence-electron chi connectivity index (χ4n) is 2.21. The third-order valence-electron chi connectivity index (χ3n) is 3.56. The zero-order valence-corrected chi connectivity index (χ0v) is 14.3. The van der Waals surface area contributed by atoms with Crippen molar-refractivity contribution in [1.82, 2.24) is 10.0 Å². The summed E-state index contributed by atoms with van der Waals surface area (Å²) in [5.74, 6) is -1.14. The van der Waals surface area contributed by atoms with Gasteiger partial charge in [0.25, 0.3) is 0 Å². The Hall–Kier alpha value is -1.23. The van der Waals surface area contributed by atoms with Crippen molar-refractivity contribution >= 4 is 25.7 Å². The molecule has 3 N–H and O–H groups in total. The van der Waals surface area contributed by atoms with Gasteiger partial charge in [0.1, 0.15) is 5.82 Å². The molecule has 10 heteroatoms. The van der Waals surface area contributed by atoms with Gasteiger partial charge < -0.3 is 5.32 Å². The second kappa shape index (κ2) is 7.12. The van der Waals surface area contributed by atoms with Gasteiger partial charge in [-0.05, 0) is 51.1 Å². The normalized spacial score (nSPS) is 17.1. The monoisotopic (exact) mass is 365 g/mol. The third kappa shape index (κ3) is 4.87. The minimum atomic E-state index is -3.84. The van der Waals surface area contributed by atoms with Crippen LogP contribution in [0.4, 0.5) is 10.1 Å². The van der Waals surface area contributed by atoms with Crippen LogP contribution in [0.1, 0.15) is 19.8 Å². The molecule has 1 saturated heterocycles. The molecule has 0 aliphatic carbocycles. The quantitative estimate of drug-likeness (QED) is 0.685. The number of nitrogens with one attached hydrogen (secondary N) is 3. The van der Waals surface area contributed by atoms with Gasteiger partial charge in [-0.2, -0.15) is 0 Å². The Morgan fingerprint density at radius 3 is 2.43 bits per heavy atom. The lowest BCUT2D eigenvalue weighted by atomic mass is 10.1. The molecular formula is C13H20FN3O4S2. The summed E-state index contributed by atoms with van der Waals surface area (Å²) in [6, 6.07) is 2.92. The van der Waals surface area contributed by atoms with Crippen molar-refractivity contribution in [3.8, 4) is 0 Å². The summed E-state index contributed by atoms with van der Waals surface area (Å²) in [4.78, 5) is -0.229. The Morgan fingerprint density at radius 2 is 1.87 bits per heavy atom. The minimum Gasteiger partial charge on any atom is -0.317 e. The van der Waals surface area contributed by atoms with E-state index in [0.29, 0.717) is 12.8 Å². The summed E-state index contributed by atoms with van der Waals surface area (Å²) < 4.78 is 66.1. The maximum absolute atomic E-state index is 14.0. The summed E-state index contributed by atoms with van der Waals surface area (Å²) in [5.41, 5.74) is -0.271. The second-order valence-electron chi connectivity index (χ2n) is 5.29. The van der Waals surface area contributed by atoms with Gasteiger partial charge in [0.15, 0.2) is 0 Å². The molecule has 2 rings (SSSR count). The van der Waals surface area contributed by atoms with E-state index < -0.39 is 25.9 Å². The van der Waals surface area contributed by atoms with Crippen LogP contribution in [0.3, 0.4) is 0 Å². The highest BCUT2D eigenvalue weighted by Gasteiger charge is 2.23. The predicted octanol–water partition coefficient (Wildman–Crippen LogP) is 0.618. The van der Waals surface area contributed by atoms with E-state index in [4.69, 9.17) is 0 Å². The fraction of sp³-hybridized carbons (Fsp3) is 0.538. The number of sulfonamides is 2. The van der Waals surface area contributed by atoms with Gasteiger partial charge in [-0.25, -0.2) is 25.9 Å². The Kier molecular flexibility index (Phi) is 5.61. The first-order valence-electron chi connectivity index (χ1n) is 7.26. The standard InChI is InChI=1S/C13H20FN3O4S2/c1-2-22(18,19)17-13-4-3-11(9-12(13)14)23(20,21)16-10-5-7-15-8-6-10/h3-4,9-10,15-17H,2,5-8H2,1H3. The molecule has 0 spiro atoms. The van der Waals surface area contributed by atoms with Crippen LogP contribution in [0.15, 0.2) is 23.1 Å². The summed E-state index contributed by atoms with van der Waals surface area (Å²) in [5, 5.41) is 3.12. The van der Waals surface area contributed by atoms with E-state index in [1.807, 2.05) is 0 Å². The molecule has 1 aliphatic rings. The number of benzene rings is 1. The minimum absolute atomic E-state index is 0.192. The molecule has 1 fully saturated rings. The lowest BCUT2D eigenvalue weighted by molar-refractivity contribution is 0.427. The van der Waals surface area contributed by atoms with Gasteiger partial charge >= 0.3 is 0 Å². The van der Waals surface area contributed by atoms with Crippen molar-refractivity contribution in [2.75, 3.05) is 23.6 Å². The number of rotatable bonds is 6. The van der Waals surface area contributed by atoms with Crippen LogP contribution < -0.4 is 14.8 Å². The maximum atomic E-state index is 14.0. The van der Waals surface area contributed by atoms with Gasteiger partial charge in [-0.1, -0.05) is 0 Å². The predicted molar refractivity (Wildman–Crippen MR) is 85.7 cm³/mol. The number of anilines is 1. The first-order chi connectivity index (χ1) is 10.7. The first kappa shape index (κ1) is 18.1. The molecule has 0 amide bonds. The summed E-state index contributed by atoms with van der Waals surface area (Å²) in [6.07, 6.45) is 1.33. The number of hydrogen-bond donors (Lipinski definition) is 3. The van der Waals surface area contributed by atoms with Crippen LogP contribution in [-0.4, -0.2) is 41.7 Å². The van der Waals surface area contributed by atoms with Gasteiger partial charge in [-0.15, -0.1) is 0 Å². The van der Waals surface area contributed by atoms with E-state index in [0.717, 1.165) is 25.2 Å². The highest BCUT2D eigenvalue weighted by Crippen LogP contribution is 2.21. The highest BCUT2D eigenvalue weighted by molar-refractivity contribution is 7.92. The fourth-order valence-corrected chi connectivity index (χ4v) is 4.17. The molecule has 0 atom stereocenters. The molecule has 130 valence electrons. The lowest BCUT2D eigenvalue weighted by Gasteiger charge is -2.23. The van der Waals surface area contributed by atoms with E-state index in [1.54, 1.807) is 0 Å². The van der Waals surface area contributed by atoms with Crippen molar-refractivity contribution in [2.45, 2.75) is 30.7 Å². The van der Waals surface area contributed by atoms with E-state index in [-0.39, 0.29) is 22.4 Å². The van der Waals surface area contributed by atoms with E-state index in [1.165, 1.54) is 13.0 Å². The van der Waals surface area contributed by atoms with Crippen LogP contribution in [0.2, 0.25) is 0 Å². The molecule has 0 unspecified atom stereocenters. The highest BCUT2D eigenvalue weighted by atomic mass is 32.2. The molecular weight excluding hydrogens is 345 g/mol. The van der Waals surface area contributed by atoms with E-state index in [2.05, 4.69) is 14.8 Å². The molecule has 23 heavy (non-hydrogen) atoms. The lowest BCUT2D eigenvalue weighted by Crippen LogP contribution is -2.42. The largest absolute Gasteiger partial charge is 0.317 e. The van der Waals surface area contributed by atoms with Crippen LogP contribution >= 0.6 is 0 Å². The molecule has 1 aromatic rings. The Bertz CT molecular complexity index is 759. The van der Waals surface area contributed by atoms with Gasteiger partial charge in [0.05, 0.1) is 16.3 Å². The zero-order valence-electron chi connectivity index (χ0n) is 12.7. The molecule has 1 heterocycles. The van der Waals surface area contributed by atoms with Gasteiger partial charge in [0, 0.05) is 6.04 Å². The Balaban J connectivity index is 2.18. The molecule has 1 aromatic carbocycles. The van der Waals surface area contributed by atoms with Gasteiger partial charge in [0.2, 0.25) is 20.0 Å². The van der Waals surface area contributed by atoms with Crippen LogP contribution in [0.25, 0.3) is 0 Å². The SMILES string of the molecule is CCS(=O)(=O)Nc1ccc(S(=O)(=O)NC2CCNCC2)cc1F. The molecule has 7 nitrogen and oxygen atoms in total. The summed E-state index contributed by atoms with van der Waals surface area (Å²) >= 11 is 0. The van der Waals surface area contributed by atoms with Crippen LogP contribution in [0, 0.1) is 5.82 Å². The van der Waals surface area contributed by atoms with Crippen molar-refractivity contribution < 1.29 is 21.2 Å². The number of hydrogen-bond acceptors (Lipinski definition) is 5. The molecule has 0 aromatic heterocycles. The third-order valence-corrected chi connectivity index (χ3v) is 6.37. The summed E-state index contributed by atoms with van der Waals surface area (Å²) in [7, 11) is -7.47.